The van der Waals surface area contributed by atoms with Crippen molar-refractivity contribution < 1.29 is 33.4 Å². The first-order valence-electron chi connectivity index (χ1n) is 10.9. The lowest BCUT2D eigenvalue weighted by atomic mass is 9.98. The van der Waals surface area contributed by atoms with Crippen LogP contribution in [0.25, 0.3) is 6.08 Å². The van der Waals surface area contributed by atoms with E-state index in [2.05, 4.69) is 11.9 Å². The number of amides is 1. The highest BCUT2D eigenvalue weighted by Crippen LogP contribution is 2.31. The van der Waals surface area contributed by atoms with Crippen LogP contribution in [0.3, 0.4) is 0 Å². The molecule has 1 aliphatic rings. The van der Waals surface area contributed by atoms with Gasteiger partial charge in [0.15, 0.2) is 12.2 Å². The van der Waals surface area contributed by atoms with Gasteiger partial charge in [-0.2, -0.15) is 0 Å². The molecular formula is C25H31NO7S. The highest BCUT2D eigenvalue weighted by Gasteiger charge is 2.45. The Hall–Kier alpha value is -3.07. The van der Waals surface area contributed by atoms with Gasteiger partial charge in [-0.1, -0.05) is 43.0 Å². The normalized spacial score (nSPS) is 22.0. The lowest BCUT2D eigenvalue weighted by Gasteiger charge is -2.40. The van der Waals surface area contributed by atoms with Gasteiger partial charge in [-0.05, 0) is 23.6 Å². The third kappa shape index (κ3) is 8.06. The molecule has 1 fully saturated rings. The molecule has 0 saturated carbocycles. The second kappa shape index (κ2) is 13.0. The van der Waals surface area contributed by atoms with E-state index in [1.807, 2.05) is 37.3 Å². The molecule has 1 aliphatic heterocycles. The zero-order valence-electron chi connectivity index (χ0n) is 19.9. The summed E-state index contributed by atoms with van der Waals surface area (Å²) >= 11 is 1.38. The molecule has 1 amide bonds. The van der Waals surface area contributed by atoms with Crippen molar-refractivity contribution in [1.82, 2.24) is 5.32 Å². The van der Waals surface area contributed by atoms with Crippen LogP contribution in [0, 0.1) is 6.92 Å². The lowest BCUT2D eigenvalue weighted by molar-refractivity contribution is -0.169. The Morgan fingerprint density at radius 3 is 2.38 bits per heavy atom. The number of esters is 3. The number of hydrogen-bond acceptors (Lipinski definition) is 8. The number of carbonyl (C=O) groups excluding carboxylic acids is 4. The van der Waals surface area contributed by atoms with Crippen molar-refractivity contribution in [3.8, 4) is 0 Å². The summed E-state index contributed by atoms with van der Waals surface area (Å²) in [5.74, 6) is -1.48. The Labute approximate surface area is 204 Å². The zero-order chi connectivity index (χ0) is 25.3. The van der Waals surface area contributed by atoms with Crippen LogP contribution in [-0.2, 0) is 39.8 Å². The monoisotopic (exact) mass is 489 g/mol. The third-order valence-electron chi connectivity index (χ3n) is 5.23. The summed E-state index contributed by atoms with van der Waals surface area (Å²) in [5.41, 5.74) is 2.82. The molecule has 1 N–H and O–H groups in total. The van der Waals surface area contributed by atoms with Gasteiger partial charge in [-0.15, -0.1) is 11.8 Å². The van der Waals surface area contributed by atoms with E-state index in [4.69, 9.17) is 14.2 Å². The second-order valence-electron chi connectivity index (χ2n) is 7.90. The number of hydrogen-bond donors (Lipinski definition) is 1. The maximum atomic E-state index is 12.9. The standard InChI is InChI=1S/C25H31NO7S/c1-6-7-9-19-10-8-11-20(15(19)2)12-23(30)26-21-14-34-22(13-31-16(3)27)25(33-18(5)29)24(21)32-17(4)28/h6-11,21-22,24-25H,1,12-14H2,2-5H3,(H,26,30)/b9-7-. The summed E-state index contributed by atoms with van der Waals surface area (Å²) in [6.45, 7) is 9.38. The lowest BCUT2D eigenvalue weighted by Crippen LogP contribution is -2.59. The molecule has 184 valence electrons. The molecule has 0 aromatic heterocycles. The van der Waals surface area contributed by atoms with Crippen LogP contribution >= 0.6 is 11.8 Å². The van der Waals surface area contributed by atoms with Gasteiger partial charge in [-0.3, -0.25) is 19.2 Å². The molecule has 8 nitrogen and oxygen atoms in total. The molecule has 2 rings (SSSR count). The average Bonchev–Trinajstić information content (AvgIpc) is 2.75. The van der Waals surface area contributed by atoms with Crippen LogP contribution in [-0.4, -0.2) is 59.7 Å². The molecule has 1 aromatic rings. The summed E-state index contributed by atoms with van der Waals surface area (Å²) in [6.07, 6.45) is 3.75. The summed E-state index contributed by atoms with van der Waals surface area (Å²) < 4.78 is 16.0. The first-order chi connectivity index (χ1) is 16.1. The van der Waals surface area contributed by atoms with E-state index in [-0.39, 0.29) is 18.9 Å². The van der Waals surface area contributed by atoms with E-state index in [1.165, 1.54) is 32.5 Å². The van der Waals surface area contributed by atoms with E-state index < -0.39 is 41.4 Å². The SMILES string of the molecule is C=C/C=C\c1cccc(CC(=O)NC2CSC(COC(C)=O)C(OC(C)=O)C2OC(C)=O)c1C. The molecule has 0 bridgehead atoms. The highest BCUT2D eigenvalue weighted by molar-refractivity contribution is 8.00. The van der Waals surface area contributed by atoms with Gasteiger partial charge >= 0.3 is 17.9 Å². The van der Waals surface area contributed by atoms with Crippen molar-refractivity contribution in [2.45, 2.75) is 57.6 Å². The molecule has 9 heteroatoms. The van der Waals surface area contributed by atoms with E-state index in [0.717, 1.165) is 16.7 Å². The van der Waals surface area contributed by atoms with Gasteiger partial charge in [0, 0.05) is 26.5 Å². The van der Waals surface area contributed by atoms with Gasteiger partial charge in [0.2, 0.25) is 5.91 Å². The number of ether oxygens (including phenoxy) is 3. The van der Waals surface area contributed by atoms with Crippen molar-refractivity contribution in [1.29, 1.82) is 0 Å². The number of benzene rings is 1. The minimum atomic E-state index is -0.921. The van der Waals surface area contributed by atoms with Crippen LogP contribution < -0.4 is 5.32 Å². The molecule has 0 aliphatic carbocycles. The Morgan fingerprint density at radius 2 is 1.76 bits per heavy atom. The number of carbonyl (C=O) groups is 4. The highest BCUT2D eigenvalue weighted by atomic mass is 32.2. The molecule has 4 atom stereocenters. The van der Waals surface area contributed by atoms with Crippen molar-refractivity contribution in [2.75, 3.05) is 12.4 Å². The third-order valence-corrected chi connectivity index (χ3v) is 6.61. The zero-order valence-corrected chi connectivity index (χ0v) is 20.7. The molecule has 1 aromatic carbocycles. The Bertz CT molecular complexity index is 959. The summed E-state index contributed by atoms with van der Waals surface area (Å²) in [5, 5.41) is 2.49. The Kier molecular flexibility index (Phi) is 10.4. The van der Waals surface area contributed by atoms with Gasteiger partial charge in [0.05, 0.1) is 17.7 Å². The van der Waals surface area contributed by atoms with Crippen LogP contribution in [0.5, 0.6) is 0 Å². The van der Waals surface area contributed by atoms with Gasteiger partial charge in [0.1, 0.15) is 6.61 Å². The molecule has 1 saturated heterocycles. The van der Waals surface area contributed by atoms with E-state index in [0.29, 0.717) is 5.75 Å². The quantitative estimate of drug-likeness (QED) is 0.321. The number of thioether (sulfide) groups is 1. The summed E-state index contributed by atoms with van der Waals surface area (Å²) in [4.78, 5) is 47.8. The Morgan fingerprint density at radius 1 is 1.09 bits per heavy atom. The molecule has 0 spiro atoms. The van der Waals surface area contributed by atoms with E-state index in [1.54, 1.807) is 6.08 Å². The van der Waals surface area contributed by atoms with E-state index in [9.17, 15) is 19.2 Å². The topological polar surface area (TPSA) is 108 Å². The first kappa shape index (κ1) is 27.2. The molecule has 34 heavy (non-hydrogen) atoms. The second-order valence-corrected chi connectivity index (χ2v) is 9.17. The number of allylic oxidation sites excluding steroid dienone is 2. The largest absolute Gasteiger partial charge is 0.465 e. The first-order valence-corrected chi connectivity index (χ1v) is 11.9. The van der Waals surface area contributed by atoms with Gasteiger partial charge in [0.25, 0.3) is 0 Å². The smallest absolute Gasteiger partial charge is 0.303 e. The molecule has 0 radical (unpaired) electrons. The molecular weight excluding hydrogens is 458 g/mol. The fourth-order valence-corrected chi connectivity index (χ4v) is 4.97. The van der Waals surface area contributed by atoms with Crippen molar-refractivity contribution in [3.63, 3.8) is 0 Å². The number of nitrogens with one attached hydrogen (secondary N) is 1. The maximum absolute atomic E-state index is 12.9. The van der Waals surface area contributed by atoms with Crippen LogP contribution in [0.1, 0.15) is 37.5 Å². The minimum Gasteiger partial charge on any atom is -0.465 e. The van der Waals surface area contributed by atoms with Crippen molar-refractivity contribution >= 4 is 41.7 Å². The molecule has 1 heterocycles. The van der Waals surface area contributed by atoms with E-state index >= 15 is 0 Å². The maximum Gasteiger partial charge on any atom is 0.303 e. The molecule has 4 unspecified atom stereocenters. The van der Waals surface area contributed by atoms with Crippen LogP contribution in [0.15, 0.2) is 36.9 Å². The summed E-state index contributed by atoms with van der Waals surface area (Å²) in [6, 6.07) is 5.13. The summed E-state index contributed by atoms with van der Waals surface area (Å²) in [7, 11) is 0. The van der Waals surface area contributed by atoms with Crippen molar-refractivity contribution in [2.24, 2.45) is 0 Å². The number of rotatable bonds is 9. The van der Waals surface area contributed by atoms with Crippen LogP contribution in [0.2, 0.25) is 0 Å². The predicted molar refractivity (Wildman–Crippen MR) is 130 cm³/mol. The van der Waals surface area contributed by atoms with Crippen LogP contribution in [0.4, 0.5) is 0 Å². The predicted octanol–water partition coefficient (Wildman–Crippen LogP) is 2.76. The fraction of sp³-hybridized carbons (Fsp3) is 0.440. The Balaban J connectivity index is 2.20. The van der Waals surface area contributed by atoms with Gasteiger partial charge in [-0.25, -0.2) is 0 Å². The van der Waals surface area contributed by atoms with Gasteiger partial charge < -0.3 is 19.5 Å². The fourth-order valence-electron chi connectivity index (χ4n) is 3.68. The van der Waals surface area contributed by atoms with Crippen molar-refractivity contribution in [3.05, 3.63) is 53.6 Å². The minimum absolute atomic E-state index is 0.0133. The average molecular weight is 490 g/mol.